The van der Waals surface area contributed by atoms with Gasteiger partial charge in [-0.15, -0.1) is 6.42 Å². The summed E-state index contributed by atoms with van der Waals surface area (Å²) in [5.74, 6) is 1.81. The molecule has 17 heavy (non-hydrogen) atoms. The van der Waals surface area contributed by atoms with Crippen molar-refractivity contribution in [3.05, 3.63) is 0 Å². The summed E-state index contributed by atoms with van der Waals surface area (Å²) in [6.07, 6.45) is 8.63. The molecule has 94 valence electrons. The van der Waals surface area contributed by atoms with Gasteiger partial charge in [0.15, 0.2) is 0 Å². The monoisotopic (exact) mass is 238 g/mol. The highest BCUT2D eigenvalue weighted by molar-refractivity contribution is 5.80. The number of aliphatic carboxylic acids is 1. The topological polar surface area (TPSA) is 60.9 Å². The molecule has 1 aliphatic rings. The van der Waals surface area contributed by atoms with Crippen molar-refractivity contribution in [2.24, 2.45) is 5.92 Å². The number of carboxylic acid groups (broad SMARTS) is 1. The molecule has 1 rings (SSSR count). The fourth-order valence-electron chi connectivity index (χ4n) is 1.85. The number of rotatable bonds is 5. The Morgan fingerprint density at radius 1 is 1.47 bits per heavy atom. The lowest BCUT2D eigenvalue weighted by Crippen LogP contribution is -2.46. The molecule has 0 saturated heterocycles. The van der Waals surface area contributed by atoms with Crippen LogP contribution in [0.5, 0.6) is 0 Å². The quantitative estimate of drug-likeness (QED) is 0.723. The van der Waals surface area contributed by atoms with Crippen LogP contribution in [0.4, 0.5) is 4.79 Å². The van der Waals surface area contributed by atoms with E-state index >= 15 is 0 Å². The number of carboxylic acids is 1. The molecule has 0 radical (unpaired) electrons. The van der Waals surface area contributed by atoms with Gasteiger partial charge in [-0.1, -0.05) is 12.3 Å². The minimum atomic E-state index is -1.05. The summed E-state index contributed by atoms with van der Waals surface area (Å²) < 4.78 is 0. The molecule has 0 unspecified atom stereocenters. The van der Waals surface area contributed by atoms with Crippen LogP contribution in [-0.2, 0) is 4.79 Å². The highest BCUT2D eigenvalue weighted by Crippen LogP contribution is 2.26. The lowest BCUT2D eigenvalue weighted by Gasteiger charge is -2.32. The fourth-order valence-corrected chi connectivity index (χ4v) is 1.85. The molecule has 5 nitrogen and oxygen atoms in total. The van der Waals surface area contributed by atoms with Crippen molar-refractivity contribution >= 4 is 12.0 Å². The third-order valence-corrected chi connectivity index (χ3v) is 2.96. The van der Waals surface area contributed by atoms with Crippen molar-refractivity contribution in [1.29, 1.82) is 0 Å². The van der Waals surface area contributed by atoms with Crippen molar-refractivity contribution in [3.63, 3.8) is 0 Å². The minimum Gasteiger partial charge on any atom is -0.480 e. The first-order valence-electron chi connectivity index (χ1n) is 5.70. The van der Waals surface area contributed by atoms with Crippen molar-refractivity contribution in [2.75, 3.05) is 26.7 Å². The van der Waals surface area contributed by atoms with Gasteiger partial charge < -0.3 is 14.9 Å². The van der Waals surface area contributed by atoms with Gasteiger partial charge in [0.2, 0.25) is 0 Å². The van der Waals surface area contributed by atoms with Crippen LogP contribution in [-0.4, -0.2) is 53.6 Å². The molecule has 5 heteroatoms. The summed E-state index contributed by atoms with van der Waals surface area (Å²) in [6.45, 7) is 0.359. The first kappa shape index (κ1) is 13.4. The van der Waals surface area contributed by atoms with Gasteiger partial charge in [0.1, 0.15) is 6.54 Å². The van der Waals surface area contributed by atoms with E-state index in [-0.39, 0.29) is 19.1 Å². The normalized spacial score (nSPS) is 14.6. The smallest absolute Gasteiger partial charge is 0.323 e. The van der Waals surface area contributed by atoms with E-state index in [9.17, 15) is 9.59 Å². The summed E-state index contributed by atoms with van der Waals surface area (Å²) in [5.41, 5.74) is 0. The molecule has 1 N–H and O–H groups in total. The van der Waals surface area contributed by atoms with E-state index in [4.69, 9.17) is 11.5 Å². The van der Waals surface area contributed by atoms with Crippen LogP contribution in [0.1, 0.15) is 19.3 Å². The van der Waals surface area contributed by atoms with E-state index in [2.05, 4.69) is 5.92 Å². The summed E-state index contributed by atoms with van der Waals surface area (Å²) in [6, 6.07) is -0.308. The van der Waals surface area contributed by atoms with E-state index in [1.165, 1.54) is 11.3 Å². The van der Waals surface area contributed by atoms with Gasteiger partial charge in [0.05, 0.1) is 6.54 Å². The molecule has 0 aromatic heterocycles. The second-order valence-corrected chi connectivity index (χ2v) is 4.41. The van der Waals surface area contributed by atoms with Crippen LogP contribution in [0.3, 0.4) is 0 Å². The lowest BCUT2D eigenvalue weighted by atomic mass is 9.85. The van der Waals surface area contributed by atoms with Crippen molar-refractivity contribution in [3.8, 4) is 12.3 Å². The maximum absolute atomic E-state index is 11.9. The van der Waals surface area contributed by atoms with Crippen molar-refractivity contribution in [1.82, 2.24) is 9.80 Å². The van der Waals surface area contributed by atoms with Crippen LogP contribution in [0.25, 0.3) is 0 Å². The second-order valence-electron chi connectivity index (χ2n) is 4.41. The number of nitrogens with zero attached hydrogens (tertiary/aromatic N) is 2. The number of carbonyl (C=O) groups is 2. The Hall–Kier alpha value is -1.70. The van der Waals surface area contributed by atoms with Gasteiger partial charge in [-0.3, -0.25) is 4.79 Å². The zero-order chi connectivity index (χ0) is 12.8. The van der Waals surface area contributed by atoms with E-state index in [1.807, 2.05) is 0 Å². The van der Waals surface area contributed by atoms with Gasteiger partial charge in [-0.05, 0) is 18.8 Å². The largest absolute Gasteiger partial charge is 0.480 e. The summed E-state index contributed by atoms with van der Waals surface area (Å²) in [4.78, 5) is 25.3. The van der Waals surface area contributed by atoms with Gasteiger partial charge in [0.25, 0.3) is 0 Å². The Morgan fingerprint density at radius 2 is 2.12 bits per heavy atom. The van der Waals surface area contributed by atoms with Crippen molar-refractivity contribution < 1.29 is 14.7 Å². The Morgan fingerprint density at radius 3 is 2.53 bits per heavy atom. The molecule has 1 saturated carbocycles. The zero-order valence-corrected chi connectivity index (χ0v) is 10.1. The third-order valence-electron chi connectivity index (χ3n) is 2.96. The first-order chi connectivity index (χ1) is 8.04. The Balaban J connectivity index is 2.49. The molecule has 0 atom stereocenters. The number of amides is 2. The Kier molecular flexibility index (Phi) is 4.83. The van der Waals surface area contributed by atoms with Crippen LogP contribution in [0, 0.1) is 18.3 Å². The molecule has 0 heterocycles. The van der Waals surface area contributed by atoms with Gasteiger partial charge in [-0.25, -0.2) is 4.79 Å². The number of urea groups is 1. The molecule has 0 aromatic carbocycles. The molecule has 1 aliphatic carbocycles. The maximum atomic E-state index is 11.9. The molecular weight excluding hydrogens is 220 g/mol. The van der Waals surface area contributed by atoms with E-state index in [1.54, 1.807) is 11.9 Å². The Bertz CT molecular complexity index is 331. The van der Waals surface area contributed by atoms with Crippen LogP contribution in [0.15, 0.2) is 0 Å². The number of hydrogen-bond donors (Lipinski definition) is 1. The van der Waals surface area contributed by atoms with Gasteiger partial charge in [0, 0.05) is 13.6 Å². The average molecular weight is 238 g/mol. The fraction of sp³-hybridized carbons (Fsp3) is 0.667. The first-order valence-corrected chi connectivity index (χ1v) is 5.70. The molecule has 1 fully saturated rings. The maximum Gasteiger partial charge on any atom is 0.323 e. The number of hydrogen-bond acceptors (Lipinski definition) is 2. The van der Waals surface area contributed by atoms with E-state index < -0.39 is 5.97 Å². The SMILES string of the molecule is C#CCN(CC(=O)O)C(=O)N(C)CC1CCC1. The van der Waals surface area contributed by atoms with Crippen LogP contribution >= 0.6 is 0 Å². The van der Waals surface area contributed by atoms with Gasteiger partial charge >= 0.3 is 12.0 Å². The van der Waals surface area contributed by atoms with Gasteiger partial charge in [-0.2, -0.15) is 0 Å². The Labute approximate surface area is 101 Å². The summed E-state index contributed by atoms with van der Waals surface area (Å²) in [5, 5.41) is 8.70. The molecule has 0 spiro atoms. The standard InChI is InChI=1S/C12H18N2O3/c1-3-7-14(9-11(15)16)12(17)13(2)8-10-5-4-6-10/h1,10H,4-9H2,2H3,(H,15,16). The van der Waals surface area contributed by atoms with Crippen molar-refractivity contribution in [2.45, 2.75) is 19.3 Å². The third kappa shape index (κ3) is 3.99. The average Bonchev–Trinajstić information content (AvgIpc) is 2.21. The molecule has 0 bridgehead atoms. The molecule has 0 aliphatic heterocycles. The molecular formula is C12H18N2O3. The van der Waals surface area contributed by atoms with Crippen LogP contribution < -0.4 is 0 Å². The highest BCUT2D eigenvalue weighted by Gasteiger charge is 2.24. The second kappa shape index (κ2) is 6.14. The predicted octanol–water partition coefficient (Wildman–Crippen LogP) is 0.858. The molecule has 2 amide bonds. The summed E-state index contributed by atoms with van der Waals surface area (Å²) in [7, 11) is 1.69. The predicted molar refractivity (Wildman–Crippen MR) is 63.4 cm³/mol. The van der Waals surface area contributed by atoms with E-state index in [0.29, 0.717) is 12.5 Å². The number of terminal acetylenes is 1. The minimum absolute atomic E-state index is 0.0279. The number of carbonyl (C=O) groups excluding carboxylic acids is 1. The molecule has 0 aromatic rings. The summed E-state index contributed by atoms with van der Waals surface area (Å²) >= 11 is 0. The van der Waals surface area contributed by atoms with Crippen LogP contribution in [0.2, 0.25) is 0 Å². The lowest BCUT2D eigenvalue weighted by molar-refractivity contribution is -0.137. The zero-order valence-electron chi connectivity index (χ0n) is 10.1. The van der Waals surface area contributed by atoms with E-state index in [0.717, 1.165) is 12.8 Å². The highest BCUT2D eigenvalue weighted by atomic mass is 16.4.